The van der Waals surface area contributed by atoms with Crippen LogP contribution in [0.2, 0.25) is 0 Å². The molecule has 3 heterocycles. The first-order valence-electron chi connectivity index (χ1n) is 9.28. The standard InChI is InChI=1S/C22H14F3N5O2/c23-22(24,25)13-32-19-6-2-1-4-15(19)16-5-3-9-30-12-18(28-20(16)30)21(31)29-17-7-8-27-11-14(17)10-26/h1-9,11-12H,13H2,(H,27,29,31). The van der Waals surface area contributed by atoms with E-state index in [0.717, 1.165) is 0 Å². The van der Waals surface area contributed by atoms with E-state index in [1.165, 1.54) is 30.7 Å². The molecular formula is C22H14F3N5O2. The first kappa shape index (κ1) is 20.9. The van der Waals surface area contributed by atoms with Crippen molar-refractivity contribution in [3.63, 3.8) is 0 Å². The maximum Gasteiger partial charge on any atom is 0.422 e. The number of carbonyl (C=O) groups is 1. The number of benzene rings is 1. The second kappa shape index (κ2) is 8.39. The molecule has 0 radical (unpaired) electrons. The monoisotopic (exact) mass is 437 g/mol. The van der Waals surface area contributed by atoms with Crippen LogP contribution in [0, 0.1) is 11.3 Å². The van der Waals surface area contributed by atoms with Crippen molar-refractivity contribution >= 4 is 17.2 Å². The van der Waals surface area contributed by atoms with Gasteiger partial charge < -0.3 is 14.5 Å². The van der Waals surface area contributed by atoms with E-state index in [9.17, 15) is 18.0 Å². The Kier molecular flexibility index (Phi) is 5.47. The second-order valence-corrected chi connectivity index (χ2v) is 6.67. The first-order valence-corrected chi connectivity index (χ1v) is 9.28. The number of nitriles is 1. The molecule has 0 aliphatic rings. The number of ether oxygens (including phenoxy) is 1. The number of carbonyl (C=O) groups excluding carboxylic acids is 1. The number of para-hydroxylation sites is 1. The summed E-state index contributed by atoms with van der Waals surface area (Å²) in [5, 5.41) is 11.8. The third kappa shape index (κ3) is 4.37. The lowest BCUT2D eigenvalue weighted by atomic mass is 10.1. The van der Waals surface area contributed by atoms with Gasteiger partial charge in [-0.15, -0.1) is 0 Å². The Bertz CT molecular complexity index is 1340. The topological polar surface area (TPSA) is 92.3 Å². The maximum absolute atomic E-state index is 12.7. The number of aromatic nitrogens is 3. The van der Waals surface area contributed by atoms with Crippen LogP contribution in [0.25, 0.3) is 16.8 Å². The van der Waals surface area contributed by atoms with Gasteiger partial charge in [0.05, 0.1) is 11.3 Å². The Morgan fingerprint density at radius 1 is 1.16 bits per heavy atom. The van der Waals surface area contributed by atoms with Crippen LogP contribution in [-0.4, -0.2) is 33.1 Å². The lowest BCUT2D eigenvalue weighted by Crippen LogP contribution is -2.19. The zero-order valence-corrected chi connectivity index (χ0v) is 16.3. The van der Waals surface area contributed by atoms with E-state index >= 15 is 0 Å². The number of nitrogens with zero attached hydrogens (tertiary/aromatic N) is 4. The highest BCUT2D eigenvalue weighted by Crippen LogP contribution is 2.33. The fourth-order valence-electron chi connectivity index (χ4n) is 3.09. The van der Waals surface area contributed by atoms with Gasteiger partial charge in [0.15, 0.2) is 6.61 Å². The fourth-order valence-corrected chi connectivity index (χ4v) is 3.09. The van der Waals surface area contributed by atoms with Gasteiger partial charge in [0.2, 0.25) is 0 Å². The molecule has 0 saturated heterocycles. The molecule has 1 N–H and O–H groups in total. The Morgan fingerprint density at radius 2 is 1.94 bits per heavy atom. The summed E-state index contributed by atoms with van der Waals surface area (Å²) in [5.74, 6) is -0.508. The molecule has 0 saturated carbocycles. The number of anilines is 1. The van der Waals surface area contributed by atoms with Gasteiger partial charge in [-0.3, -0.25) is 9.78 Å². The molecule has 0 aliphatic carbocycles. The summed E-state index contributed by atoms with van der Waals surface area (Å²) in [7, 11) is 0. The second-order valence-electron chi connectivity index (χ2n) is 6.67. The predicted octanol–water partition coefficient (Wildman–Crippen LogP) is 4.46. The number of halogens is 3. The Morgan fingerprint density at radius 3 is 2.72 bits per heavy atom. The minimum atomic E-state index is -4.48. The smallest absolute Gasteiger partial charge is 0.422 e. The van der Waals surface area contributed by atoms with E-state index in [-0.39, 0.29) is 22.7 Å². The van der Waals surface area contributed by atoms with Gasteiger partial charge >= 0.3 is 6.18 Å². The molecule has 0 atom stereocenters. The van der Waals surface area contributed by atoms with Crippen molar-refractivity contribution in [2.45, 2.75) is 6.18 Å². The van der Waals surface area contributed by atoms with E-state index in [4.69, 9.17) is 10.00 Å². The van der Waals surface area contributed by atoms with Crippen molar-refractivity contribution in [2.75, 3.05) is 11.9 Å². The summed E-state index contributed by atoms with van der Waals surface area (Å²) in [6.07, 6.45) is 1.44. The van der Waals surface area contributed by atoms with E-state index in [2.05, 4.69) is 15.3 Å². The number of nitrogens with one attached hydrogen (secondary N) is 1. The minimum absolute atomic E-state index is 0.0439. The van der Waals surface area contributed by atoms with Crippen LogP contribution < -0.4 is 10.1 Å². The summed E-state index contributed by atoms with van der Waals surface area (Å²) in [4.78, 5) is 20.9. The summed E-state index contributed by atoms with van der Waals surface area (Å²) >= 11 is 0. The highest BCUT2D eigenvalue weighted by molar-refractivity contribution is 6.04. The fraction of sp³-hybridized carbons (Fsp3) is 0.0909. The molecule has 32 heavy (non-hydrogen) atoms. The Labute approximate surface area is 179 Å². The molecule has 4 aromatic rings. The number of rotatable bonds is 5. The van der Waals surface area contributed by atoms with Gasteiger partial charge in [-0.05, 0) is 24.3 Å². The normalized spacial score (nSPS) is 11.2. The van der Waals surface area contributed by atoms with Gasteiger partial charge in [0, 0.05) is 35.9 Å². The zero-order chi connectivity index (χ0) is 22.7. The van der Waals surface area contributed by atoms with Gasteiger partial charge in [-0.1, -0.05) is 18.2 Å². The predicted molar refractivity (Wildman–Crippen MR) is 109 cm³/mol. The molecule has 3 aromatic heterocycles. The van der Waals surface area contributed by atoms with E-state index in [1.807, 2.05) is 6.07 Å². The lowest BCUT2D eigenvalue weighted by Gasteiger charge is -2.13. The van der Waals surface area contributed by atoms with Gasteiger partial charge in [0.1, 0.15) is 23.2 Å². The summed E-state index contributed by atoms with van der Waals surface area (Å²) < 4.78 is 44.5. The summed E-state index contributed by atoms with van der Waals surface area (Å²) in [5.41, 5.74) is 1.80. The van der Waals surface area contributed by atoms with Crippen LogP contribution in [0.4, 0.5) is 18.9 Å². The number of pyridine rings is 2. The van der Waals surface area contributed by atoms with Crippen molar-refractivity contribution in [1.29, 1.82) is 5.26 Å². The molecule has 0 unspecified atom stereocenters. The Hall–Kier alpha value is -4.39. The number of amides is 1. The third-order valence-electron chi connectivity index (χ3n) is 4.47. The third-order valence-corrected chi connectivity index (χ3v) is 4.47. The lowest BCUT2D eigenvalue weighted by molar-refractivity contribution is -0.153. The highest BCUT2D eigenvalue weighted by atomic mass is 19.4. The molecular weight excluding hydrogens is 423 g/mol. The number of hydrogen-bond donors (Lipinski definition) is 1. The molecule has 1 aromatic carbocycles. The first-order chi connectivity index (χ1) is 15.4. The zero-order valence-electron chi connectivity index (χ0n) is 16.3. The molecule has 10 heteroatoms. The van der Waals surface area contributed by atoms with E-state index in [0.29, 0.717) is 16.8 Å². The van der Waals surface area contributed by atoms with Crippen molar-refractivity contribution in [3.05, 3.63) is 78.5 Å². The number of imidazole rings is 1. The molecule has 1 amide bonds. The molecule has 0 bridgehead atoms. The number of fused-ring (bicyclic) bond motifs is 1. The van der Waals surface area contributed by atoms with Crippen molar-refractivity contribution in [1.82, 2.24) is 14.4 Å². The van der Waals surface area contributed by atoms with Crippen LogP contribution in [0.1, 0.15) is 16.1 Å². The SMILES string of the molecule is N#Cc1cnccc1NC(=O)c1cn2cccc(-c3ccccc3OCC(F)(F)F)c2n1. The molecule has 0 spiro atoms. The van der Waals surface area contributed by atoms with Crippen molar-refractivity contribution in [2.24, 2.45) is 0 Å². The largest absolute Gasteiger partial charge is 0.483 e. The molecule has 0 aliphatic heterocycles. The maximum atomic E-state index is 12.7. The minimum Gasteiger partial charge on any atom is -0.483 e. The number of alkyl halides is 3. The van der Waals surface area contributed by atoms with Crippen LogP contribution in [-0.2, 0) is 0 Å². The molecule has 4 rings (SSSR count). The van der Waals surface area contributed by atoms with Crippen molar-refractivity contribution < 1.29 is 22.7 Å². The van der Waals surface area contributed by atoms with Crippen LogP contribution in [0.15, 0.2) is 67.3 Å². The average molecular weight is 437 g/mol. The van der Waals surface area contributed by atoms with E-state index < -0.39 is 18.7 Å². The molecule has 160 valence electrons. The highest BCUT2D eigenvalue weighted by Gasteiger charge is 2.29. The van der Waals surface area contributed by atoms with Gasteiger partial charge in [-0.2, -0.15) is 18.4 Å². The van der Waals surface area contributed by atoms with E-state index in [1.54, 1.807) is 40.9 Å². The summed E-state index contributed by atoms with van der Waals surface area (Å²) in [6, 6.07) is 13.1. The van der Waals surface area contributed by atoms with Gasteiger partial charge in [-0.25, -0.2) is 4.98 Å². The number of hydrogen-bond acceptors (Lipinski definition) is 5. The van der Waals surface area contributed by atoms with Crippen molar-refractivity contribution in [3.8, 4) is 22.9 Å². The van der Waals surface area contributed by atoms with Crippen LogP contribution in [0.5, 0.6) is 5.75 Å². The van der Waals surface area contributed by atoms with Gasteiger partial charge in [0.25, 0.3) is 5.91 Å². The average Bonchev–Trinajstić information content (AvgIpc) is 3.22. The van der Waals surface area contributed by atoms with Crippen LogP contribution >= 0.6 is 0 Å². The quantitative estimate of drug-likeness (QED) is 0.498. The molecule has 0 fully saturated rings. The Balaban J connectivity index is 1.70. The summed E-state index contributed by atoms with van der Waals surface area (Å²) in [6.45, 7) is -1.43. The van der Waals surface area contributed by atoms with Crippen LogP contribution in [0.3, 0.4) is 0 Å². The molecule has 7 nitrogen and oxygen atoms in total.